The van der Waals surface area contributed by atoms with Gasteiger partial charge in [0.2, 0.25) is 0 Å². The van der Waals surface area contributed by atoms with Crippen LogP contribution in [-0.2, 0) is 16.4 Å². The predicted octanol–water partition coefficient (Wildman–Crippen LogP) is 1.70. The molecule has 8 heteroatoms. The molecule has 2 aromatic rings. The Morgan fingerprint density at radius 1 is 1.37 bits per heavy atom. The van der Waals surface area contributed by atoms with E-state index in [9.17, 15) is 8.42 Å². The minimum atomic E-state index is -3.58. The molecule has 0 amide bonds. The Labute approximate surface area is 115 Å². The lowest BCUT2D eigenvalue weighted by atomic mass is 10.0. The molecule has 2 heterocycles. The molecule has 0 unspecified atom stereocenters. The minimum absolute atomic E-state index is 0.244. The minimum Gasteiger partial charge on any atom is -0.385 e. The maximum atomic E-state index is 12.2. The van der Waals surface area contributed by atoms with Gasteiger partial charge in [0.15, 0.2) is 0 Å². The molecule has 2 N–H and O–H groups in total. The van der Waals surface area contributed by atoms with Gasteiger partial charge < -0.3 is 5.32 Å². The van der Waals surface area contributed by atoms with Gasteiger partial charge in [0.05, 0.1) is 11.1 Å². The Hall–Kier alpha value is -1.67. The molecular weight excluding hydrogens is 284 g/mol. The van der Waals surface area contributed by atoms with E-state index in [0.717, 1.165) is 42.2 Å². The van der Waals surface area contributed by atoms with E-state index in [4.69, 9.17) is 0 Å². The number of fused-ring (bicyclic) bond motifs is 1. The van der Waals surface area contributed by atoms with Crippen LogP contribution in [0.3, 0.4) is 0 Å². The van der Waals surface area contributed by atoms with E-state index in [1.165, 1.54) is 6.20 Å². The van der Waals surface area contributed by atoms with Crippen LogP contribution in [0.25, 0.3) is 0 Å². The van der Waals surface area contributed by atoms with Crippen LogP contribution in [0.2, 0.25) is 0 Å². The summed E-state index contributed by atoms with van der Waals surface area (Å²) in [6.07, 6.45) is 3.44. The number of hydrogen-bond acceptors (Lipinski definition) is 6. The van der Waals surface area contributed by atoms with E-state index in [1.807, 2.05) is 6.07 Å². The number of anilines is 2. The van der Waals surface area contributed by atoms with Crippen molar-refractivity contribution in [1.82, 2.24) is 9.59 Å². The highest BCUT2D eigenvalue weighted by molar-refractivity contribution is 7.93. The van der Waals surface area contributed by atoms with Crippen molar-refractivity contribution in [2.24, 2.45) is 0 Å². The summed E-state index contributed by atoms with van der Waals surface area (Å²) in [5.74, 6) is 0. The van der Waals surface area contributed by atoms with Crippen molar-refractivity contribution in [3.05, 3.63) is 30.0 Å². The second-order valence-corrected chi connectivity index (χ2v) is 6.70. The highest BCUT2D eigenvalue weighted by Gasteiger charge is 2.18. The zero-order valence-corrected chi connectivity index (χ0v) is 11.6. The van der Waals surface area contributed by atoms with Crippen LogP contribution in [0.5, 0.6) is 0 Å². The quantitative estimate of drug-likeness (QED) is 0.900. The van der Waals surface area contributed by atoms with Gasteiger partial charge in [-0.1, -0.05) is 10.6 Å². The van der Waals surface area contributed by atoms with Crippen LogP contribution in [0.15, 0.2) is 29.3 Å². The fourth-order valence-electron chi connectivity index (χ4n) is 2.01. The van der Waals surface area contributed by atoms with Crippen molar-refractivity contribution < 1.29 is 8.42 Å². The molecule has 1 aliphatic rings. The molecule has 0 spiro atoms. The summed E-state index contributed by atoms with van der Waals surface area (Å²) in [5.41, 5.74) is 2.06. The van der Waals surface area contributed by atoms with Gasteiger partial charge in [-0.3, -0.25) is 4.72 Å². The predicted molar refractivity (Wildman–Crippen MR) is 74.0 cm³/mol. The standard InChI is InChI=1S/C11H12N4O2S2/c16-19(17,14-11-7-13-15-18-11)9-4-3-8-2-1-5-12-10(8)6-9/h3-4,6-7,12,14H,1-2,5H2. The van der Waals surface area contributed by atoms with E-state index >= 15 is 0 Å². The first-order valence-corrected chi connectivity index (χ1v) is 8.08. The molecule has 0 radical (unpaired) electrons. The summed E-state index contributed by atoms with van der Waals surface area (Å²) >= 11 is 1.01. The lowest BCUT2D eigenvalue weighted by Crippen LogP contribution is -2.15. The largest absolute Gasteiger partial charge is 0.385 e. The lowest BCUT2D eigenvalue weighted by molar-refractivity contribution is 0.601. The molecule has 0 saturated carbocycles. The van der Waals surface area contributed by atoms with Crippen LogP contribution in [0, 0.1) is 0 Å². The van der Waals surface area contributed by atoms with Gasteiger partial charge in [-0.15, -0.1) is 5.10 Å². The average molecular weight is 296 g/mol. The molecular formula is C11H12N4O2S2. The Bertz CT molecular complexity index is 683. The van der Waals surface area contributed by atoms with Gasteiger partial charge in [-0.05, 0) is 30.5 Å². The van der Waals surface area contributed by atoms with Crippen molar-refractivity contribution >= 4 is 32.2 Å². The van der Waals surface area contributed by atoms with Crippen molar-refractivity contribution in [2.45, 2.75) is 17.7 Å². The van der Waals surface area contributed by atoms with Gasteiger partial charge in [-0.2, -0.15) is 0 Å². The van der Waals surface area contributed by atoms with E-state index in [2.05, 4.69) is 19.6 Å². The molecule has 1 aromatic heterocycles. The molecule has 0 saturated heterocycles. The third-order valence-corrected chi connectivity index (χ3v) is 5.00. The molecule has 0 atom stereocenters. The second-order valence-electron chi connectivity index (χ2n) is 4.24. The van der Waals surface area contributed by atoms with Crippen LogP contribution < -0.4 is 10.0 Å². The monoisotopic (exact) mass is 296 g/mol. The summed E-state index contributed by atoms with van der Waals surface area (Å²) in [6, 6.07) is 5.16. The maximum Gasteiger partial charge on any atom is 0.262 e. The highest BCUT2D eigenvalue weighted by Crippen LogP contribution is 2.26. The van der Waals surface area contributed by atoms with E-state index in [1.54, 1.807) is 12.1 Å². The van der Waals surface area contributed by atoms with Crippen LogP contribution in [0.1, 0.15) is 12.0 Å². The molecule has 1 aliphatic heterocycles. The van der Waals surface area contributed by atoms with Crippen LogP contribution in [-0.4, -0.2) is 24.5 Å². The van der Waals surface area contributed by atoms with Crippen molar-refractivity contribution in [3.63, 3.8) is 0 Å². The molecule has 3 rings (SSSR count). The van der Waals surface area contributed by atoms with Gasteiger partial charge >= 0.3 is 0 Å². The fourth-order valence-corrected chi connectivity index (χ4v) is 3.72. The third kappa shape index (κ3) is 2.54. The Morgan fingerprint density at radius 3 is 3.05 bits per heavy atom. The molecule has 1 aromatic carbocycles. The number of benzene rings is 1. The van der Waals surface area contributed by atoms with Crippen molar-refractivity contribution in [3.8, 4) is 0 Å². The molecule has 100 valence electrons. The molecule has 19 heavy (non-hydrogen) atoms. The Kier molecular flexibility index (Phi) is 3.11. The summed E-state index contributed by atoms with van der Waals surface area (Å²) in [5, 5.41) is 7.23. The number of aryl methyl sites for hydroxylation is 1. The Morgan fingerprint density at radius 2 is 2.26 bits per heavy atom. The SMILES string of the molecule is O=S(=O)(Nc1cnns1)c1ccc2c(c1)NCCC2. The highest BCUT2D eigenvalue weighted by atomic mass is 32.2. The third-order valence-electron chi connectivity index (χ3n) is 2.93. The van der Waals surface area contributed by atoms with E-state index in [0.29, 0.717) is 5.00 Å². The maximum absolute atomic E-state index is 12.2. The number of sulfonamides is 1. The summed E-state index contributed by atoms with van der Waals surface area (Å²) < 4.78 is 30.5. The molecule has 0 aliphatic carbocycles. The van der Waals surface area contributed by atoms with Gasteiger partial charge in [0.25, 0.3) is 10.0 Å². The number of nitrogens with one attached hydrogen (secondary N) is 2. The topological polar surface area (TPSA) is 84.0 Å². The second kappa shape index (κ2) is 4.78. The van der Waals surface area contributed by atoms with E-state index < -0.39 is 10.0 Å². The first kappa shape index (κ1) is 12.4. The van der Waals surface area contributed by atoms with Gasteiger partial charge in [-0.25, -0.2) is 8.42 Å². The number of rotatable bonds is 3. The van der Waals surface area contributed by atoms with E-state index in [-0.39, 0.29) is 4.90 Å². The first-order chi connectivity index (χ1) is 9.15. The number of hydrogen-bond donors (Lipinski definition) is 2. The van der Waals surface area contributed by atoms with Gasteiger partial charge in [0, 0.05) is 23.8 Å². The fraction of sp³-hybridized carbons (Fsp3) is 0.273. The van der Waals surface area contributed by atoms with Crippen LogP contribution >= 0.6 is 11.5 Å². The summed E-state index contributed by atoms with van der Waals surface area (Å²) in [7, 11) is -3.58. The zero-order chi connectivity index (χ0) is 13.3. The smallest absolute Gasteiger partial charge is 0.262 e. The number of nitrogens with zero attached hydrogens (tertiary/aromatic N) is 2. The average Bonchev–Trinajstić information content (AvgIpc) is 2.90. The van der Waals surface area contributed by atoms with Crippen molar-refractivity contribution in [1.29, 1.82) is 0 Å². The van der Waals surface area contributed by atoms with Gasteiger partial charge in [0.1, 0.15) is 5.00 Å². The zero-order valence-electron chi connectivity index (χ0n) is 9.96. The number of aromatic nitrogens is 2. The Balaban J connectivity index is 1.93. The van der Waals surface area contributed by atoms with Crippen LogP contribution in [0.4, 0.5) is 10.7 Å². The normalized spacial score (nSPS) is 14.5. The molecule has 0 bridgehead atoms. The molecule has 6 nitrogen and oxygen atoms in total. The molecule has 0 fully saturated rings. The lowest BCUT2D eigenvalue weighted by Gasteiger charge is -2.18. The first-order valence-electron chi connectivity index (χ1n) is 5.82. The summed E-state index contributed by atoms with van der Waals surface area (Å²) in [6.45, 7) is 0.878. The summed E-state index contributed by atoms with van der Waals surface area (Å²) in [4.78, 5) is 0.244. The van der Waals surface area contributed by atoms with Crippen molar-refractivity contribution in [2.75, 3.05) is 16.6 Å².